The summed E-state index contributed by atoms with van der Waals surface area (Å²) in [6, 6.07) is 3.18. The molecule has 0 unspecified atom stereocenters. The summed E-state index contributed by atoms with van der Waals surface area (Å²) >= 11 is 0. The molecule has 3 rings (SSSR count). The van der Waals surface area contributed by atoms with Crippen molar-refractivity contribution < 1.29 is 13.9 Å². The first kappa shape index (κ1) is 18.4. The summed E-state index contributed by atoms with van der Waals surface area (Å²) in [5, 5.41) is 5.79. The summed E-state index contributed by atoms with van der Waals surface area (Å²) < 4.78 is 19.0. The molecular weight excluding hydrogens is 285 g/mol. The zero-order chi connectivity index (χ0) is 16.5. The van der Waals surface area contributed by atoms with Gasteiger partial charge in [-0.3, -0.25) is 4.79 Å². The number of nitrogens with zero attached hydrogens (tertiary/aromatic N) is 1. The Balaban J connectivity index is 0.000000561. The van der Waals surface area contributed by atoms with Crippen molar-refractivity contribution in [1.29, 1.82) is 0 Å². The number of nitrogens with one attached hydrogen (secondary N) is 2. The predicted molar refractivity (Wildman–Crippen MR) is 84.7 cm³/mol. The van der Waals surface area contributed by atoms with Crippen molar-refractivity contribution in [2.45, 2.75) is 52.7 Å². The molecule has 0 atom stereocenters. The maximum atomic E-state index is 13.6. The van der Waals surface area contributed by atoms with Gasteiger partial charge in [0.05, 0.1) is 0 Å². The molecule has 2 aliphatic rings. The Morgan fingerprint density at radius 1 is 1.27 bits per heavy atom. The van der Waals surface area contributed by atoms with Crippen LogP contribution in [0.1, 0.15) is 51.0 Å². The molecule has 22 heavy (non-hydrogen) atoms. The van der Waals surface area contributed by atoms with Gasteiger partial charge in [0.25, 0.3) is 11.9 Å². The van der Waals surface area contributed by atoms with Gasteiger partial charge in [0, 0.05) is 19.1 Å². The third-order valence-electron chi connectivity index (χ3n) is 3.00. The van der Waals surface area contributed by atoms with Gasteiger partial charge >= 0.3 is 0 Å². The summed E-state index contributed by atoms with van der Waals surface area (Å²) in [6.07, 6.45) is 1.97. The fraction of sp³-hybridized carbons (Fsp3) is 0.625. The van der Waals surface area contributed by atoms with Crippen LogP contribution >= 0.6 is 0 Å². The van der Waals surface area contributed by atoms with Crippen molar-refractivity contribution in [3.05, 3.63) is 23.8 Å². The van der Waals surface area contributed by atoms with E-state index in [1.165, 1.54) is 12.1 Å². The number of hydrogen-bond donors (Lipinski definition) is 2. The first-order chi connectivity index (χ1) is 10.7. The molecule has 1 saturated heterocycles. The second kappa shape index (κ2) is 9.35. The van der Waals surface area contributed by atoms with E-state index in [4.69, 9.17) is 4.74 Å². The Kier molecular flexibility index (Phi) is 7.80. The van der Waals surface area contributed by atoms with E-state index in [2.05, 4.69) is 15.6 Å². The van der Waals surface area contributed by atoms with Crippen LogP contribution in [0.25, 0.3) is 0 Å². The largest absolute Gasteiger partial charge is 0.483 e. The molecule has 1 aromatic rings. The molecule has 1 aromatic heterocycles. The van der Waals surface area contributed by atoms with E-state index in [9.17, 15) is 9.18 Å². The van der Waals surface area contributed by atoms with Gasteiger partial charge in [-0.1, -0.05) is 27.7 Å². The quantitative estimate of drug-likeness (QED) is 0.839. The molecule has 1 saturated carbocycles. The van der Waals surface area contributed by atoms with Crippen LogP contribution in [0, 0.1) is 5.95 Å². The van der Waals surface area contributed by atoms with E-state index in [0.29, 0.717) is 13.1 Å². The molecular formula is C16H26FN3O2. The lowest BCUT2D eigenvalue weighted by molar-refractivity contribution is 0.0943. The summed E-state index contributed by atoms with van der Waals surface area (Å²) in [6.45, 7) is 9.42. The first-order valence-electron chi connectivity index (χ1n) is 8.07. The molecule has 0 aromatic carbocycles. The molecule has 6 heteroatoms. The SMILES string of the molecule is CC.CC.O=C(NC1CC1)c1ccc(OC2CNC2)c(F)n1. The summed E-state index contributed by atoms with van der Waals surface area (Å²) in [7, 11) is 0. The first-order valence-corrected chi connectivity index (χ1v) is 8.07. The number of carbonyl (C=O) groups excluding carboxylic acids is 1. The Morgan fingerprint density at radius 2 is 1.91 bits per heavy atom. The minimum absolute atomic E-state index is 0.00700. The summed E-state index contributed by atoms with van der Waals surface area (Å²) in [5.74, 6) is -0.955. The van der Waals surface area contributed by atoms with Crippen LogP contribution in [0.3, 0.4) is 0 Å². The zero-order valence-corrected chi connectivity index (χ0v) is 13.8. The lowest BCUT2D eigenvalue weighted by atomic mass is 10.2. The Morgan fingerprint density at radius 3 is 2.36 bits per heavy atom. The molecule has 0 radical (unpaired) electrons. The normalized spacial score (nSPS) is 16.2. The maximum absolute atomic E-state index is 13.6. The highest BCUT2D eigenvalue weighted by Crippen LogP contribution is 2.21. The molecule has 124 valence electrons. The van der Waals surface area contributed by atoms with Gasteiger partial charge in [0.2, 0.25) is 0 Å². The van der Waals surface area contributed by atoms with Crippen LogP contribution in [0.5, 0.6) is 5.75 Å². The smallest absolute Gasteiger partial charge is 0.270 e. The number of aromatic nitrogens is 1. The molecule has 2 N–H and O–H groups in total. The van der Waals surface area contributed by atoms with E-state index in [0.717, 1.165) is 12.8 Å². The van der Waals surface area contributed by atoms with Gasteiger partial charge < -0.3 is 15.4 Å². The molecule has 1 aliphatic carbocycles. The number of pyridine rings is 1. The third kappa shape index (κ3) is 5.26. The molecule has 1 aliphatic heterocycles. The molecule has 2 fully saturated rings. The number of hydrogen-bond acceptors (Lipinski definition) is 4. The molecule has 2 heterocycles. The average Bonchev–Trinajstić information content (AvgIpc) is 3.32. The van der Waals surface area contributed by atoms with Gasteiger partial charge in [-0.05, 0) is 25.0 Å². The second-order valence-corrected chi connectivity index (χ2v) is 4.63. The van der Waals surface area contributed by atoms with Crippen LogP contribution in [-0.4, -0.2) is 36.1 Å². The van der Waals surface area contributed by atoms with Crippen LogP contribution in [0.15, 0.2) is 12.1 Å². The minimum atomic E-state index is -0.731. The molecule has 0 bridgehead atoms. The Hall–Kier alpha value is -1.69. The highest BCUT2D eigenvalue weighted by molar-refractivity contribution is 5.92. The van der Waals surface area contributed by atoms with Gasteiger partial charge in [-0.25, -0.2) is 4.98 Å². The number of amides is 1. The van der Waals surface area contributed by atoms with Crippen molar-refractivity contribution >= 4 is 5.91 Å². The zero-order valence-electron chi connectivity index (χ0n) is 13.8. The number of halogens is 1. The topological polar surface area (TPSA) is 63.2 Å². The highest BCUT2D eigenvalue weighted by atomic mass is 19.1. The van der Waals surface area contributed by atoms with Gasteiger partial charge in [0.15, 0.2) is 5.75 Å². The van der Waals surface area contributed by atoms with Crippen LogP contribution in [0.4, 0.5) is 4.39 Å². The number of ether oxygens (including phenoxy) is 1. The van der Waals surface area contributed by atoms with Crippen LogP contribution in [-0.2, 0) is 0 Å². The summed E-state index contributed by atoms with van der Waals surface area (Å²) in [5.41, 5.74) is 0.0958. The summed E-state index contributed by atoms with van der Waals surface area (Å²) in [4.78, 5) is 15.3. The fourth-order valence-electron chi connectivity index (χ4n) is 1.65. The third-order valence-corrected chi connectivity index (χ3v) is 3.00. The van der Waals surface area contributed by atoms with E-state index in [1.807, 2.05) is 27.7 Å². The van der Waals surface area contributed by atoms with Crippen LogP contribution in [0.2, 0.25) is 0 Å². The lowest BCUT2D eigenvalue weighted by Crippen LogP contribution is -2.50. The van der Waals surface area contributed by atoms with Crippen molar-refractivity contribution in [2.24, 2.45) is 0 Å². The number of carbonyl (C=O) groups is 1. The highest BCUT2D eigenvalue weighted by Gasteiger charge is 2.25. The average molecular weight is 311 g/mol. The molecule has 1 amide bonds. The van der Waals surface area contributed by atoms with Crippen molar-refractivity contribution in [2.75, 3.05) is 13.1 Å². The standard InChI is InChI=1S/C12H14FN3O2.2C2H6/c13-11-10(18-8-5-14-6-8)4-3-9(16-11)12(17)15-7-1-2-7;2*1-2/h3-4,7-8,14H,1-2,5-6H2,(H,15,17);2*1-2H3. The number of rotatable bonds is 4. The van der Waals surface area contributed by atoms with Crippen molar-refractivity contribution in [1.82, 2.24) is 15.6 Å². The van der Waals surface area contributed by atoms with Crippen molar-refractivity contribution in [3.63, 3.8) is 0 Å². The maximum Gasteiger partial charge on any atom is 0.270 e. The lowest BCUT2D eigenvalue weighted by Gasteiger charge is -2.27. The van der Waals surface area contributed by atoms with Gasteiger partial charge in [-0.15, -0.1) is 0 Å². The van der Waals surface area contributed by atoms with Crippen LogP contribution < -0.4 is 15.4 Å². The van der Waals surface area contributed by atoms with E-state index in [1.54, 1.807) is 0 Å². The fourth-order valence-corrected chi connectivity index (χ4v) is 1.65. The van der Waals surface area contributed by atoms with Gasteiger partial charge in [0.1, 0.15) is 11.8 Å². The monoisotopic (exact) mass is 311 g/mol. The Labute approximate surface area is 131 Å². The van der Waals surface area contributed by atoms with E-state index >= 15 is 0 Å². The predicted octanol–water partition coefficient (Wildman–Crippen LogP) is 2.52. The molecule has 0 spiro atoms. The van der Waals surface area contributed by atoms with Gasteiger partial charge in [-0.2, -0.15) is 4.39 Å². The molecule has 5 nitrogen and oxygen atoms in total. The Bertz CT molecular complexity index is 474. The second-order valence-electron chi connectivity index (χ2n) is 4.63. The van der Waals surface area contributed by atoms with Crippen molar-refractivity contribution in [3.8, 4) is 5.75 Å². The minimum Gasteiger partial charge on any atom is -0.483 e. The van der Waals surface area contributed by atoms with E-state index < -0.39 is 5.95 Å². The van der Waals surface area contributed by atoms with E-state index in [-0.39, 0.29) is 29.5 Å².